The quantitative estimate of drug-likeness (QED) is 0.421. The van der Waals surface area contributed by atoms with Gasteiger partial charge in [0.1, 0.15) is 5.82 Å². The van der Waals surface area contributed by atoms with Crippen LogP contribution in [0.2, 0.25) is 0 Å². The van der Waals surface area contributed by atoms with Gasteiger partial charge in [0.05, 0.1) is 11.0 Å². The maximum Gasteiger partial charge on any atom is 0.225 e. The minimum atomic E-state index is 0.430. The molecular weight excluding hydrogens is 408 g/mol. The Morgan fingerprint density at radius 3 is 2.58 bits per heavy atom. The topological polar surface area (TPSA) is 66.0 Å². The zero-order valence-electron chi connectivity index (χ0n) is 19.5. The van der Waals surface area contributed by atoms with Crippen molar-refractivity contribution < 1.29 is 0 Å². The second-order valence-corrected chi connectivity index (χ2v) is 9.27. The maximum atomic E-state index is 4.81. The smallest absolute Gasteiger partial charge is 0.225 e. The van der Waals surface area contributed by atoms with E-state index in [9.17, 15) is 0 Å². The van der Waals surface area contributed by atoms with E-state index in [0.717, 1.165) is 54.1 Å². The number of para-hydroxylation sites is 2. The number of hydrogen-bond donors (Lipinski definition) is 2. The van der Waals surface area contributed by atoms with E-state index < -0.39 is 0 Å². The first kappa shape index (κ1) is 21.6. The predicted molar refractivity (Wildman–Crippen MR) is 137 cm³/mol. The van der Waals surface area contributed by atoms with Crippen molar-refractivity contribution in [2.24, 2.45) is 5.92 Å². The summed E-state index contributed by atoms with van der Waals surface area (Å²) in [5.74, 6) is 2.41. The summed E-state index contributed by atoms with van der Waals surface area (Å²) in [4.78, 5) is 16.2. The molecule has 170 valence electrons. The van der Waals surface area contributed by atoms with Crippen molar-refractivity contribution in [1.82, 2.24) is 20.3 Å². The van der Waals surface area contributed by atoms with E-state index in [1.165, 1.54) is 23.8 Å². The third-order valence-electron chi connectivity index (χ3n) is 6.65. The standard InChI is InChI=1S/C27H32N6/c1-33(2)26-23-10-3-4-11-24(23)31-27(32-26)30-22-14-12-19(13-15-22)17-28-18-21-8-5-7-20-9-6-16-29-25(20)21/h3-11,16,19,22,28H,12-15,17-18H2,1-2H3,(H,30,31,32)/t19-,22+. The van der Waals surface area contributed by atoms with E-state index in [0.29, 0.717) is 12.0 Å². The Balaban J connectivity index is 1.15. The van der Waals surface area contributed by atoms with Gasteiger partial charge in [-0.3, -0.25) is 4.98 Å². The fourth-order valence-corrected chi connectivity index (χ4v) is 4.88. The Hall–Kier alpha value is -3.25. The lowest BCUT2D eigenvalue weighted by Crippen LogP contribution is -2.31. The highest BCUT2D eigenvalue weighted by molar-refractivity contribution is 5.90. The van der Waals surface area contributed by atoms with Gasteiger partial charge in [0.2, 0.25) is 5.95 Å². The molecule has 1 saturated carbocycles. The van der Waals surface area contributed by atoms with Gasteiger partial charge in [-0.25, -0.2) is 4.98 Å². The van der Waals surface area contributed by atoms with Gasteiger partial charge in [-0.15, -0.1) is 0 Å². The lowest BCUT2D eigenvalue weighted by molar-refractivity contribution is 0.324. The molecular formula is C27H32N6. The number of rotatable bonds is 7. The zero-order chi connectivity index (χ0) is 22.6. The predicted octanol–water partition coefficient (Wildman–Crippen LogP) is 5.00. The molecule has 6 nitrogen and oxygen atoms in total. The average Bonchev–Trinajstić information content (AvgIpc) is 2.85. The fourth-order valence-electron chi connectivity index (χ4n) is 4.88. The molecule has 0 saturated heterocycles. The fraction of sp³-hybridized carbons (Fsp3) is 0.370. The number of pyridine rings is 1. The number of aromatic nitrogens is 3. The third kappa shape index (κ3) is 4.91. The molecule has 1 aliphatic carbocycles. The van der Waals surface area contributed by atoms with Crippen LogP contribution < -0.4 is 15.5 Å². The second-order valence-electron chi connectivity index (χ2n) is 9.27. The minimum Gasteiger partial charge on any atom is -0.362 e. The molecule has 0 unspecified atom stereocenters. The highest BCUT2D eigenvalue weighted by atomic mass is 15.2. The van der Waals surface area contributed by atoms with Crippen molar-refractivity contribution >= 4 is 33.6 Å². The SMILES string of the molecule is CN(C)c1nc(N[C@H]2CC[C@@H](CNCc3cccc4cccnc34)CC2)nc2ccccc12. The molecule has 1 fully saturated rings. The van der Waals surface area contributed by atoms with Crippen molar-refractivity contribution in [3.63, 3.8) is 0 Å². The lowest BCUT2D eigenvalue weighted by Gasteiger charge is -2.29. The van der Waals surface area contributed by atoms with Crippen LogP contribution in [-0.4, -0.2) is 41.6 Å². The summed E-state index contributed by atoms with van der Waals surface area (Å²) in [6, 6.07) is 19.2. The van der Waals surface area contributed by atoms with Gasteiger partial charge in [0.15, 0.2) is 0 Å². The van der Waals surface area contributed by atoms with E-state index in [1.807, 2.05) is 38.5 Å². The van der Waals surface area contributed by atoms with Crippen LogP contribution in [0.1, 0.15) is 31.2 Å². The number of hydrogen-bond acceptors (Lipinski definition) is 6. The van der Waals surface area contributed by atoms with Crippen LogP contribution in [0.15, 0.2) is 60.8 Å². The largest absolute Gasteiger partial charge is 0.362 e. The molecule has 0 atom stereocenters. The van der Waals surface area contributed by atoms with Crippen LogP contribution in [0, 0.1) is 5.92 Å². The Labute approximate surface area is 195 Å². The number of nitrogens with zero attached hydrogens (tertiary/aromatic N) is 4. The summed E-state index contributed by atoms with van der Waals surface area (Å²) in [5, 5.41) is 9.58. The molecule has 0 radical (unpaired) electrons. The van der Waals surface area contributed by atoms with Gasteiger partial charge in [-0.05, 0) is 61.9 Å². The van der Waals surface area contributed by atoms with Crippen molar-refractivity contribution in [3.05, 3.63) is 66.4 Å². The third-order valence-corrected chi connectivity index (χ3v) is 6.65. The molecule has 0 bridgehead atoms. The van der Waals surface area contributed by atoms with E-state index >= 15 is 0 Å². The van der Waals surface area contributed by atoms with Gasteiger partial charge in [0.25, 0.3) is 0 Å². The molecule has 5 rings (SSSR count). The molecule has 0 aliphatic heterocycles. The van der Waals surface area contributed by atoms with Crippen LogP contribution in [0.3, 0.4) is 0 Å². The molecule has 1 aliphatic rings. The molecule has 2 aromatic heterocycles. The summed E-state index contributed by atoms with van der Waals surface area (Å²) in [7, 11) is 4.07. The Kier molecular flexibility index (Phi) is 6.35. The van der Waals surface area contributed by atoms with Gasteiger partial charge in [0, 0.05) is 43.7 Å². The normalized spacial score (nSPS) is 18.5. The molecule has 0 spiro atoms. The maximum absolute atomic E-state index is 4.81. The van der Waals surface area contributed by atoms with Gasteiger partial charge in [-0.2, -0.15) is 4.98 Å². The van der Waals surface area contributed by atoms with Crippen LogP contribution in [0.5, 0.6) is 0 Å². The lowest BCUT2D eigenvalue weighted by atomic mass is 9.86. The van der Waals surface area contributed by atoms with Gasteiger partial charge >= 0.3 is 0 Å². The summed E-state index contributed by atoms with van der Waals surface area (Å²) < 4.78 is 0. The summed E-state index contributed by atoms with van der Waals surface area (Å²) >= 11 is 0. The Bertz CT molecular complexity index is 1220. The highest BCUT2D eigenvalue weighted by Crippen LogP contribution is 2.28. The molecule has 4 aromatic rings. The monoisotopic (exact) mass is 440 g/mol. The Morgan fingerprint density at radius 1 is 0.909 bits per heavy atom. The van der Waals surface area contributed by atoms with E-state index in [1.54, 1.807) is 0 Å². The first-order chi connectivity index (χ1) is 16.2. The van der Waals surface area contributed by atoms with Crippen molar-refractivity contribution in [1.29, 1.82) is 0 Å². The van der Waals surface area contributed by atoms with Crippen LogP contribution >= 0.6 is 0 Å². The summed E-state index contributed by atoms with van der Waals surface area (Å²) in [6.07, 6.45) is 6.60. The number of anilines is 2. The second kappa shape index (κ2) is 9.71. The zero-order valence-corrected chi connectivity index (χ0v) is 19.5. The Morgan fingerprint density at radius 2 is 1.73 bits per heavy atom. The first-order valence-corrected chi connectivity index (χ1v) is 11.9. The van der Waals surface area contributed by atoms with Crippen molar-refractivity contribution in [2.45, 2.75) is 38.3 Å². The van der Waals surface area contributed by atoms with Crippen LogP contribution in [-0.2, 0) is 6.54 Å². The van der Waals surface area contributed by atoms with E-state index in [4.69, 9.17) is 9.97 Å². The highest BCUT2D eigenvalue weighted by Gasteiger charge is 2.22. The van der Waals surface area contributed by atoms with E-state index in [-0.39, 0.29) is 0 Å². The van der Waals surface area contributed by atoms with Crippen molar-refractivity contribution in [3.8, 4) is 0 Å². The average molecular weight is 441 g/mol. The molecule has 0 amide bonds. The number of fused-ring (bicyclic) bond motifs is 2. The van der Waals surface area contributed by atoms with Gasteiger partial charge < -0.3 is 15.5 Å². The van der Waals surface area contributed by atoms with E-state index in [2.05, 4.69) is 56.9 Å². The number of benzene rings is 2. The first-order valence-electron chi connectivity index (χ1n) is 11.9. The molecule has 6 heteroatoms. The van der Waals surface area contributed by atoms with Crippen molar-refractivity contribution in [2.75, 3.05) is 30.9 Å². The minimum absolute atomic E-state index is 0.430. The number of nitrogens with one attached hydrogen (secondary N) is 2. The van der Waals surface area contributed by atoms with Gasteiger partial charge in [-0.1, -0.05) is 36.4 Å². The molecule has 33 heavy (non-hydrogen) atoms. The van der Waals surface area contributed by atoms with Crippen LogP contribution in [0.4, 0.5) is 11.8 Å². The molecule has 2 heterocycles. The molecule has 2 aromatic carbocycles. The molecule has 2 N–H and O–H groups in total. The van der Waals surface area contributed by atoms with Crippen LogP contribution in [0.25, 0.3) is 21.8 Å². The summed E-state index contributed by atoms with van der Waals surface area (Å²) in [6.45, 7) is 1.91. The summed E-state index contributed by atoms with van der Waals surface area (Å²) in [5.41, 5.74) is 3.36.